The predicted molar refractivity (Wildman–Crippen MR) is 73.3 cm³/mol. The molecule has 7 heteroatoms. The van der Waals surface area contributed by atoms with Crippen molar-refractivity contribution in [2.24, 2.45) is 0 Å². The number of hydrogen-bond acceptors (Lipinski definition) is 5. The largest absolute Gasteiger partial charge is 0.364 e. The molecular formula is C12H15ClN6. The lowest BCUT2D eigenvalue weighted by Gasteiger charge is -2.21. The molecule has 2 saturated heterocycles. The van der Waals surface area contributed by atoms with Crippen molar-refractivity contribution < 1.29 is 0 Å². The van der Waals surface area contributed by atoms with E-state index in [-0.39, 0.29) is 5.28 Å². The van der Waals surface area contributed by atoms with E-state index in [4.69, 9.17) is 11.6 Å². The Balaban J connectivity index is 1.66. The van der Waals surface area contributed by atoms with E-state index < -0.39 is 0 Å². The molecule has 2 aromatic heterocycles. The Hall–Kier alpha value is -1.40. The molecule has 0 bridgehead atoms. The highest BCUT2D eigenvalue weighted by atomic mass is 35.5. The third-order valence-corrected chi connectivity index (χ3v) is 4.36. The number of rotatable bonds is 2. The highest BCUT2D eigenvalue weighted by Gasteiger charge is 2.37. The molecule has 2 aliphatic rings. The minimum absolute atomic E-state index is 0.239. The summed E-state index contributed by atoms with van der Waals surface area (Å²) in [6.45, 7) is 2.40. The van der Waals surface area contributed by atoms with Gasteiger partial charge in [-0.25, -0.2) is 4.98 Å². The monoisotopic (exact) mass is 278 g/mol. The Morgan fingerprint density at radius 1 is 1.32 bits per heavy atom. The normalized spacial score (nSPS) is 27.0. The van der Waals surface area contributed by atoms with Crippen molar-refractivity contribution in [1.82, 2.24) is 24.8 Å². The van der Waals surface area contributed by atoms with Crippen molar-refractivity contribution in [3.05, 3.63) is 11.6 Å². The summed E-state index contributed by atoms with van der Waals surface area (Å²) in [5.74, 6) is 0.770. The lowest BCUT2D eigenvalue weighted by Crippen LogP contribution is -2.34. The molecule has 4 rings (SSSR count). The van der Waals surface area contributed by atoms with E-state index >= 15 is 0 Å². The van der Waals surface area contributed by atoms with Gasteiger partial charge in [0.1, 0.15) is 5.52 Å². The van der Waals surface area contributed by atoms with Gasteiger partial charge in [0.05, 0.1) is 6.33 Å². The summed E-state index contributed by atoms with van der Waals surface area (Å²) in [6.07, 6.45) is 5.34. The summed E-state index contributed by atoms with van der Waals surface area (Å²) in [7, 11) is 0. The first-order valence-corrected chi connectivity index (χ1v) is 7.06. The van der Waals surface area contributed by atoms with Gasteiger partial charge in [-0.2, -0.15) is 9.97 Å². The number of H-pyrrole nitrogens is 1. The lowest BCUT2D eigenvalue weighted by molar-refractivity contribution is 0.318. The predicted octanol–water partition coefficient (Wildman–Crippen LogP) is 1.65. The molecule has 6 nitrogen and oxygen atoms in total. The van der Waals surface area contributed by atoms with Crippen LogP contribution < -0.4 is 5.32 Å². The third kappa shape index (κ3) is 1.86. The van der Waals surface area contributed by atoms with Crippen LogP contribution >= 0.6 is 11.6 Å². The minimum atomic E-state index is 0.239. The minimum Gasteiger partial charge on any atom is -0.364 e. The van der Waals surface area contributed by atoms with Crippen LogP contribution in [0.4, 0.5) is 5.82 Å². The summed E-state index contributed by atoms with van der Waals surface area (Å²) in [6, 6.07) is 1.08. The summed E-state index contributed by atoms with van der Waals surface area (Å²) >= 11 is 5.95. The standard InChI is InChI=1S/C12H15ClN6/c13-12-17-10-9(14-6-15-10)11(18-12)16-7-3-5-19-4-1-2-8(7)19/h6-8H,1-5H2,(H2,14,15,16,17,18). The highest BCUT2D eigenvalue weighted by Crippen LogP contribution is 2.31. The zero-order chi connectivity index (χ0) is 12.8. The molecule has 0 saturated carbocycles. The van der Waals surface area contributed by atoms with Crippen molar-refractivity contribution in [3.8, 4) is 0 Å². The third-order valence-electron chi connectivity index (χ3n) is 4.19. The fourth-order valence-electron chi connectivity index (χ4n) is 3.34. The quantitative estimate of drug-likeness (QED) is 0.818. The zero-order valence-electron chi connectivity index (χ0n) is 10.4. The number of nitrogens with one attached hydrogen (secondary N) is 2. The van der Waals surface area contributed by atoms with Crippen LogP contribution in [-0.4, -0.2) is 50.0 Å². The molecular weight excluding hydrogens is 264 g/mol. The van der Waals surface area contributed by atoms with E-state index in [0.29, 0.717) is 17.7 Å². The van der Waals surface area contributed by atoms with Gasteiger partial charge in [0.25, 0.3) is 0 Å². The molecule has 2 fully saturated rings. The van der Waals surface area contributed by atoms with E-state index in [9.17, 15) is 0 Å². The number of halogens is 1. The zero-order valence-corrected chi connectivity index (χ0v) is 11.2. The van der Waals surface area contributed by atoms with E-state index in [1.165, 1.54) is 25.9 Å². The van der Waals surface area contributed by atoms with Crippen LogP contribution in [0.3, 0.4) is 0 Å². The molecule has 100 valence electrons. The van der Waals surface area contributed by atoms with Crippen LogP contribution in [0, 0.1) is 0 Å². The molecule has 2 atom stereocenters. The van der Waals surface area contributed by atoms with Gasteiger partial charge in [0.2, 0.25) is 5.28 Å². The molecule has 0 amide bonds. The summed E-state index contributed by atoms with van der Waals surface area (Å²) in [4.78, 5) is 18.2. The van der Waals surface area contributed by atoms with Gasteiger partial charge < -0.3 is 10.3 Å². The lowest BCUT2D eigenvalue weighted by atomic mass is 10.1. The van der Waals surface area contributed by atoms with Crippen LogP contribution in [0.15, 0.2) is 6.33 Å². The summed E-state index contributed by atoms with van der Waals surface area (Å²) in [5.41, 5.74) is 1.45. The maximum Gasteiger partial charge on any atom is 0.226 e. The van der Waals surface area contributed by atoms with Gasteiger partial charge in [-0.3, -0.25) is 4.90 Å². The van der Waals surface area contributed by atoms with Crippen molar-refractivity contribution in [2.45, 2.75) is 31.3 Å². The van der Waals surface area contributed by atoms with Crippen LogP contribution in [0.25, 0.3) is 11.2 Å². The highest BCUT2D eigenvalue weighted by molar-refractivity contribution is 6.28. The molecule has 2 unspecified atom stereocenters. The number of fused-ring (bicyclic) bond motifs is 2. The average molecular weight is 279 g/mol. The smallest absolute Gasteiger partial charge is 0.226 e. The van der Waals surface area contributed by atoms with Crippen LogP contribution in [0.5, 0.6) is 0 Å². The van der Waals surface area contributed by atoms with Gasteiger partial charge in [-0.1, -0.05) is 0 Å². The van der Waals surface area contributed by atoms with Crippen molar-refractivity contribution in [1.29, 1.82) is 0 Å². The van der Waals surface area contributed by atoms with Crippen molar-refractivity contribution in [2.75, 3.05) is 18.4 Å². The number of nitrogens with zero attached hydrogens (tertiary/aromatic N) is 4. The first kappa shape index (κ1) is 11.4. The number of aromatic amines is 1. The van der Waals surface area contributed by atoms with Gasteiger partial charge in [-0.15, -0.1) is 0 Å². The molecule has 19 heavy (non-hydrogen) atoms. The van der Waals surface area contributed by atoms with Crippen LogP contribution in [-0.2, 0) is 0 Å². The molecule has 4 heterocycles. The second-order valence-corrected chi connectivity index (χ2v) is 5.57. The molecule has 0 aromatic carbocycles. The molecule has 0 aliphatic carbocycles. The topological polar surface area (TPSA) is 69.7 Å². The fourth-order valence-corrected chi connectivity index (χ4v) is 3.50. The van der Waals surface area contributed by atoms with Crippen molar-refractivity contribution in [3.63, 3.8) is 0 Å². The van der Waals surface area contributed by atoms with Gasteiger partial charge in [-0.05, 0) is 37.4 Å². The molecule has 0 radical (unpaired) electrons. The van der Waals surface area contributed by atoms with E-state index in [2.05, 4.69) is 30.2 Å². The number of aromatic nitrogens is 4. The Labute approximate surface area is 115 Å². The number of hydrogen-bond donors (Lipinski definition) is 2. The van der Waals surface area contributed by atoms with Gasteiger partial charge in [0.15, 0.2) is 11.5 Å². The number of imidazole rings is 1. The van der Waals surface area contributed by atoms with Crippen LogP contribution in [0.2, 0.25) is 5.28 Å². The number of anilines is 1. The second kappa shape index (κ2) is 4.31. The maximum atomic E-state index is 5.95. The maximum absolute atomic E-state index is 5.95. The summed E-state index contributed by atoms with van der Waals surface area (Å²) < 4.78 is 0. The molecule has 2 aromatic rings. The SMILES string of the molecule is Clc1nc(NC2CCN3CCCC23)c2[nH]cnc2n1. The fraction of sp³-hybridized carbons (Fsp3) is 0.583. The average Bonchev–Trinajstić information content (AvgIpc) is 3.05. The molecule has 2 N–H and O–H groups in total. The Bertz CT molecular complexity index is 611. The Morgan fingerprint density at radius 3 is 3.21 bits per heavy atom. The first-order chi connectivity index (χ1) is 9.31. The van der Waals surface area contributed by atoms with E-state index in [1.54, 1.807) is 6.33 Å². The van der Waals surface area contributed by atoms with E-state index in [0.717, 1.165) is 17.8 Å². The van der Waals surface area contributed by atoms with E-state index in [1.807, 2.05) is 0 Å². The Morgan fingerprint density at radius 2 is 2.26 bits per heavy atom. The van der Waals surface area contributed by atoms with Crippen molar-refractivity contribution >= 4 is 28.6 Å². The molecule has 2 aliphatic heterocycles. The second-order valence-electron chi connectivity index (χ2n) is 5.23. The van der Waals surface area contributed by atoms with Gasteiger partial charge >= 0.3 is 0 Å². The Kier molecular flexibility index (Phi) is 2.60. The summed E-state index contributed by atoms with van der Waals surface area (Å²) in [5, 5.41) is 3.77. The first-order valence-electron chi connectivity index (χ1n) is 6.68. The van der Waals surface area contributed by atoms with Crippen LogP contribution in [0.1, 0.15) is 19.3 Å². The molecule has 0 spiro atoms. The van der Waals surface area contributed by atoms with Gasteiger partial charge in [0, 0.05) is 18.6 Å².